The Hall–Kier alpha value is -4.07. The molecule has 3 aromatic carbocycles. The molecule has 7 nitrogen and oxygen atoms in total. The lowest BCUT2D eigenvalue weighted by atomic mass is 10.1. The zero-order chi connectivity index (χ0) is 25.2. The Kier molecular flexibility index (Phi) is 6.50. The highest BCUT2D eigenvalue weighted by atomic mass is 35.5. The van der Waals surface area contributed by atoms with Crippen LogP contribution in [-0.4, -0.2) is 29.0 Å². The molecule has 1 aliphatic heterocycles. The summed E-state index contributed by atoms with van der Waals surface area (Å²) in [6, 6.07) is 20.2. The normalized spacial score (nSPS) is 15.0. The topological polar surface area (TPSA) is 80.6 Å². The minimum Gasteiger partial charge on any atom is -0.492 e. The van der Waals surface area contributed by atoms with Crippen molar-refractivity contribution in [1.29, 1.82) is 0 Å². The monoisotopic (exact) mass is 519 g/mol. The standard InChI is InChI=1S/C27H19Cl2N3O4/c28-18-5-9-20(10-6-18)32-26(34)23(25(33)30-27(32)35)15-17-16-31(24-4-2-1-3-22(17)24)13-14-36-21-11-7-19(29)8-12-21/h1-12,15-16H,13-14H2,(H,30,33,35). The van der Waals surface area contributed by atoms with Gasteiger partial charge in [-0.25, -0.2) is 9.69 Å². The summed E-state index contributed by atoms with van der Waals surface area (Å²) in [6.45, 7) is 0.927. The van der Waals surface area contributed by atoms with E-state index in [0.717, 1.165) is 15.8 Å². The van der Waals surface area contributed by atoms with E-state index < -0.39 is 17.8 Å². The van der Waals surface area contributed by atoms with Gasteiger partial charge in [0.15, 0.2) is 0 Å². The highest BCUT2D eigenvalue weighted by Crippen LogP contribution is 2.27. The van der Waals surface area contributed by atoms with Crippen LogP contribution in [0.2, 0.25) is 10.0 Å². The van der Waals surface area contributed by atoms with Crippen molar-refractivity contribution in [1.82, 2.24) is 9.88 Å². The molecule has 4 aromatic rings. The van der Waals surface area contributed by atoms with Crippen molar-refractivity contribution in [2.75, 3.05) is 11.5 Å². The maximum Gasteiger partial charge on any atom is 0.335 e. The molecule has 1 N–H and O–H groups in total. The highest BCUT2D eigenvalue weighted by Gasteiger charge is 2.37. The van der Waals surface area contributed by atoms with E-state index >= 15 is 0 Å². The van der Waals surface area contributed by atoms with Gasteiger partial charge in [-0.1, -0.05) is 41.4 Å². The number of imide groups is 2. The van der Waals surface area contributed by atoms with Gasteiger partial charge in [-0.3, -0.25) is 14.9 Å². The molecule has 0 atom stereocenters. The first-order chi connectivity index (χ1) is 17.4. The quantitative estimate of drug-likeness (QED) is 0.262. The summed E-state index contributed by atoms with van der Waals surface area (Å²) in [5.41, 5.74) is 1.74. The first kappa shape index (κ1) is 23.7. The van der Waals surface area contributed by atoms with Crippen LogP contribution in [0.3, 0.4) is 0 Å². The lowest BCUT2D eigenvalue weighted by Crippen LogP contribution is -2.54. The molecule has 180 valence electrons. The molecule has 5 rings (SSSR count). The summed E-state index contributed by atoms with van der Waals surface area (Å²) >= 11 is 11.9. The summed E-state index contributed by atoms with van der Waals surface area (Å²) in [6.07, 6.45) is 3.36. The molecular weight excluding hydrogens is 501 g/mol. The molecule has 0 spiro atoms. The molecule has 0 radical (unpaired) electrons. The maximum atomic E-state index is 13.2. The number of fused-ring (bicyclic) bond motifs is 1. The molecule has 36 heavy (non-hydrogen) atoms. The maximum absolute atomic E-state index is 13.2. The van der Waals surface area contributed by atoms with Crippen molar-refractivity contribution >= 4 is 63.7 Å². The molecular formula is C27H19Cl2N3O4. The molecule has 0 bridgehead atoms. The number of hydrogen-bond acceptors (Lipinski definition) is 4. The molecule has 1 saturated heterocycles. The number of nitrogens with one attached hydrogen (secondary N) is 1. The number of hydrogen-bond donors (Lipinski definition) is 1. The second-order valence-corrected chi connectivity index (χ2v) is 8.90. The SMILES string of the molecule is O=C1NC(=O)N(c2ccc(Cl)cc2)C(=O)C1=Cc1cn(CCOc2ccc(Cl)cc2)c2ccccc12. The number of para-hydroxylation sites is 1. The molecule has 0 saturated carbocycles. The van der Waals surface area contributed by atoms with Gasteiger partial charge in [0.1, 0.15) is 17.9 Å². The zero-order valence-electron chi connectivity index (χ0n) is 18.8. The number of carbonyl (C=O) groups excluding carboxylic acids is 3. The van der Waals surface area contributed by atoms with E-state index in [-0.39, 0.29) is 5.57 Å². The van der Waals surface area contributed by atoms with Crippen LogP contribution in [0, 0.1) is 0 Å². The number of benzene rings is 3. The van der Waals surface area contributed by atoms with E-state index in [4.69, 9.17) is 27.9 Å². The van der Waals surface area contributed by atoms with Gasteiger partial charge in [-0.05, 0) is 60.7 Å². The molecule has 1 aliphatic rings. The summed E-state index contributed by atoms with van der Waals surface area (Å²) in [5.74, 6) is -0.762. The van der Waals surface area contributed by atoms with Crippen molar-refractivity contribution in [3.63, 3.8) is 0 Å². The van der Waals surface area contributed by atoms with E-state index in [1.165, 1.54) is 6.08 Å². The first-order valence-corrected chi connectivity index (χ1v) is 11.8. The average molecular weight is 520 g/mol. The molecule has 4 amide bonds. The lowest BCUT2D eigenvalue weighted by Gasteiger charge is -2.26. The van der Waals surface area contributed by atoms with Gasteiger partial charge in [-0.15, -0.1) is 0 Å². The lowest BCUT2D eigenvalue weighted by molar-refractivity contribution is -0.122. The number of anilines is 1. The predicted molar refractivity (Wildman–Crippen MR) is 139 cm³/mol. The third-order valence-electron chi connectivity index (χ3n) is 5.72. The Morgan fingerprint density at radius 3 is 2.25 bits per heavy atom. The Bertz CT molecular complexity index is 1510. The fraction of sp³-hybridized carbons (Fsp3) is 0.0741. The van der Waals surface area contributed by atoms with Gasteiger partial charge < -0.3 is 9.30 Å². The third-order valence-corrected chi connectivity index (χ3v) is 6.22. The van der Waals surface area contributed by atoms with Crippen molar-refractivity contribution < 1.29 is 19.1 Å². The van der Waals surface area contributed by atoms with E-state index in [1.807, 2.05) is 35.0 Å². The van der Waals surface area contributed by atoms with Crippen molar-refractivity contribution in [2.24, 2.45) is 0 Å². The number of halogens is 2. The number of barbiturate groups is 1. The number of nitrogens with zero attached hydrogens (tertiary/aromatic N) is 2. The van der Waals surface area contributed by atoms with Gasteiger partial charge >= 0.3 is 6.03 Å². The average Bonchev–Trinajstić information content (AvgIpc) is 3.21. The van der Waals surface area contributed by atoms with Crippen molar-refractivity contribution in [3.8, 4) is 5.75 Å². The summed E-state index contributed by atoms with van der Waals surface area (Å²) in [7, 11) is 0. The number of rotatable bonds is 6. The molecule has 9 heteroatoms. The number of urea groups is 1. The van der Waals surface area contributed by atoms with E-state index in [2.05, 4.69) is 5.32 Å². The Morgan fingerprint density at radius 1 is 0.861 bits per heavy atom. The van der Waals surface area contributed by atoms with E-state index in [1.54, 1.807) is 48.5 Å². The Morgan fingerprint density at radius 2 is 1.53 bits per heavy atom. The Balaban J connectivity index is 1.44. The number of ether oxygens (including phenoxy) is 1. The number of aromatic nitrogens is 1. The minimum atomic E-state index is -0.814. The van der Waals surface area contributed by atoms with Crippen molar-refractivity contribution in [3.05, 3.63) is 100 Å². The number of amides is 4. The van der Waals surface area contributed by atoms with Crippen LogP contribution in [0.25, 0.3) is 17.0 Å². The van der Waals surface area contributed by atoms with Gasteiger partial charge in [0.05, 0.1) is 12.2 Å². The Labute approximate surface area is 216 Å². The van der Waals surface area contributed by atoms with Crippen LogP contribution in [0.1, 0.15) is 5.56 Å². The highest BCUT2D eigenvalue weighted by molar-refractivity contribution is 6.39. The second kappa shape index (κ2) is 9.89. The summed E-state index contributed by atoms with van der Waals surface area (Å²) in [4.78, 5) is 39.3. The first-order valence-electron chi connectivity index (χ1n) is 11.0. The van der Waals surface area contributed by atoms with Gasteiger partial charge in [0.2, 0.25) is 0 Å². The second-order valence-electron chi connectivity index (χ2n) is 8.03. The van der Waals surface area contributed by atoms with Crippen LogP contribution >= 0.6 is 23.2 Å². The van der Waals surface area contributed by atoms with Crippen LogP contribution < -0.4 is 15.0 Å². The van der Waals surface area contributed by atoms with Gasteiger partial charge in [0, 0.05) is 32.7 Å². The van der Waals surface area contributed by atoms with Crippen molar-refractivity contribution in [2.45, 2.75) is 6.54 Å². The van der Waals surface area contributed by atoms with E-state index in [9.17, 15) is 14.4 Å². The molecule has 2 heterocycles. The van der Waals surface area contributed by atoms with E-state index in [0.29, 0.717) is 40.2 Å². The number of carbonyl (C=O) groups is 3. The largest absolute Gasteiger partial charge is 0.492 e. The van der Waals surface area contributed by atoms with Crippen LogP contribution in [0.5, 0.6) is 5.75 Å². The third kappa shape index (κ3) is 4.71. The van der Waals surface area contributed by atoms with Crippen LogP contribution in [0.4, 0.5) is 10.5 Å². The van der Waals surface area contributed by atoms with Crippen LogP contribution in [-0.2, 0) is 16.1 Å². The molecule has 0 aliphatic carbocycles. The minimum absolute atomic E-state index is 0.148. The van der Waals surface area contributed by atoms with Gasteiger partial charge in [-0.2, -0.15) is 0 Å². The smallest absolute Gasteiger partial charge is 0.335 e. The summed E-state index contributed by atoms with van der Waals surface area (Å²) in [5, 5.41) is 4.19. The fourth-order valence-electron chi connectivity index (χ4n) is 4.01. The molecule has 1 aromatic heterocycles. The molecule has 1 fully saturated rings. The fourth-order valence-corrected chi connectivity index (χ4v) is 4.26. The predicted octanol–water partition coefficient (Wildman–Crippen LogP) is 5.69. The van der Waals surface area contributed by atoms with Crippen LogP contribution in [0.15, 0.2) is 84.6 Å². The molecule has 0 unspecified atom stereocenters. The summed E-state index contributed by atoms with van der Waals surface area (Å²) < 4.78 is 7.81. The van der Waals surface area contributed by atoms with Gasteiger partial charge in [0.25, 0.3) is 11.8 Å². The zero-order valence-corrected chi connectivity index (χ0v) is 20.3.